The van der Waals surface area contributed by atoms with Crippen molar-refractivity contribution in [3.63, 3.8) is 0 Å². The van der Waals surface area contributed by atoms with Gasteiger partial charge < -0.3 is 10.2 Å². The second-order valence-corrected chi connectivity index (χ2v) is 16.1. The Labute approximate surface area is 344 Å². The molecule has 2 aliphatic carbocycles. The Balaban J connectivity index is 0.772. The largest absolute Gasteiger partial charge is 0.330 e. The molecule has 17 heteroatoms. The molecular weight excluding hydrogens is 773 g/mol. The average Bonchev–Trinajstić information content (AvgIpc) is 3.92. The molecule has 0 bridgehead atoms. The fraction of sp³-hybridized carbons (Fsp3) is 0.465. The number of piperidine rings is 1. The summed E-state index contributed by atoms with van der Waals surface area (Å²) in [6.07, 6.45) is 8.65. The third-order valence-electron chi connectivity index (χ3n) is 12.4. The highest BCUT2D eigenvalue weighted by molar-refractivity contribution is 6.08. The zero-order valence-corrected chi connectivity index (χ0v) is 33.2. The maximum absolute atomic E-state index is 14.2. The lowest BCUT2D eigenvalue weighted by atomic mass is 9.83. The van der Waals surface area contributed by atoms with Crippen molar-refractivity contribution in [1.82, 2.24) is 48.6 Å². The van der Waals surface area contributed by atoms with Gasteiger partial charge in [0.25, 0.3) is 12.3 Å². The van der Waals surface area contributed by atoms with Gasteiger partial charge in [0, 0.05) is 75.6 Å². The number of halogens is 2. The molecule has 3 amide bonds. The molecule has 2 aliphatic heterocycles. The Morgan fingerprint density at radius 3 is 2.55 bits per heavy atom. The van der Waals surface area contributed by atoms with Gasteiger partial charge >= 0.3 is 5.69 Å². The number of hydrogen-bond acceptors (Lipinski definition) is 9. The monoisotopic (exact) mass is 817 g/mol. The molecule has 2 saturated heterocycles. The number of fused-ring (bicyclic) bond motifs is 2. The van der Waals surface area contributed by atoms with Crippen LogP contribution in [0.25, 0.3) is 16.7 Å². The van der Waals surface area contributed by atoms with Crippen LogP contribution >= 0.6 is 0 Å². The molecule has 4 aliphatic rings. The van der Waals surface area contributed by atoms with Crippen molar-refractivity contribution in [3.05, 3.63) is 75.9 Å². The van der Waals surface area contributed by atoms with Crippen LogP contribution in [-0.4, -0.2) is 93.8 Å². The lowest BCUT2D eigenvalue weighted by Crippen LogP contribution is -2.44. The van der Waals surface area contributed by atoms with Crippen molar-refractivity contribution >= 4 is 40.1 Å². The molecule has 1 atom stereocenters. The van der Waals surface area contributed by atoms with Crippen LogP contribution in [0.5, 0.6) is 0 Å². The number of imidazole rings is 1. The van der Waals surface area contributed by atoms with E-state index in [1.807, 2.05) is 18.2 Å². The summed E-state index contributed by atoms with van der Waals surface area (Å²) in [6.45, 7) is 3.69. The summed E-state index contributed by atoms with van der Waals surface area (Å²) >= 11 is 0. The van der Waals surface area contributed by atoms with Crippen LogP contribution in [0.4, 0.5) is 14.5 Å². The third kappa shape index (κ3) is 7.65. The van der Waals surface area contributed by atoms with Gasteiger partial charge in [-0.05, 0) is 63.1 Å². The normalized spacial score (nSPS) is 21.3. The minimum absolute atomic E-state index is 0.0115. The van der Waals surface area contributed by atoms with Gasteiger partial charge in [-0.3, -0.25) is 38.4 Å². The van der Waals surface area contributed by atoms with E-state index in [-0.39, 0.29) is 47.6 Å². The lowest BCUT2D eigenvalue weighted by Gasteiger charge is -2.31. The summed E-state index contributed by atoms with van der Waals surface area (Å²) in [5.41, 5.74) is 2.70. The van der Waals surface area contributed by atoms with E-state index in [0.29, 0.717) is 34.7 Å². The molecular formula is C43H45F2N11O4. The molecule has 1 aromatic carbocycles. The zero-order chi connectivity index (χ0) is 41.5. The standard InChI is InChI=1S/C43H45F2N11O4/c1-51-38-29(7-3-9-34(38)56(43(51)60)35-14-15-36(57)49-42(35)59)8-4-18-52-21-23-53(24-22-52)19-16-27-10-12-30(13-11-27)55-26-33(37(50-55)39(44)45)48-41(58)31-25-46-54-20-17-32(47-40(31)54)28-5-2-6-28/h3,7,9,17,20,25-28,30,35,39H,2,5-6,10-15,18,21-24H2,1H3,(H,48,58)(H,49,57,59). The van der Waals surface area contributed by atoms with E-state index in [4.69, 9.17) is 0 Å². The molecule has 60 heavy (non-hydrogen) atoms. The first-order chi connectivity index (χ1) is 29.1. The number of carbonyl (C=O) groups excluding carboxylic acids is 3. The highest BCUT2D eigenvalue weighted by Gasteiger charge is 2.32. The minimum Gasteiger partial charge on any atom is -0.330 e. The number of anilines is 1. The number of rotatable bonds is 7. The first kappa shape index (κ1) is 39.1. The number of nitrogens with zero attached hydrogens (tertiary/aromatic N) is 9. The van der Waals surface area contributed by atoms with E-state index in [0.717, 1.165) is 76.8 Å². The first-order valence-corrected chi connectivity index (χ1v) is 20.6. The molecule has 1 unspecified atom stereocenters. The minimum atomic E-state index is -2.86. The van der Waals surface area contributed by atoms with Gasteiger partial charge in [-0.1, -0.05) is 30.2 Å². The number of piperazine rings is 1. The van der Waals surface area contributed by atoms with Crippen LogP contribution in [0.1, 0.15) is 110 Å². The topological polar surface area (TPSA) is 157 Å². The van der Waals surface area contributed by atoms with Crippen molar-refractivity contribution in [1.29, 1.82) is 0 Å². The van der Waals surface area contributed by atoms with E-state index < -0.39 is 30.0 Å². The molecule has 2 N–H and O–H groups in total. The summed E-state index contributed by atoms with van der Waals surface area (Å²) in [5, 5.41) is 13.5. The van der Waals surface area contributed by atoms with E-state index >= 15 is 0 Å². The number of aryl methyl sites for hydroxylation is 1. The maximum Gasteiger partial charge on any atom is 0.329 e. The van der Waals surface area contributed by atoms with Crippen LogP contribution in [0.2, 0.25) is 0 Å². The SMILES string of the molecule is Cn1c(=O)n(C2CCC(=O)NC2=O)c2cccc(C#CCN3CCN(C#CC4CCC(n5cc(NC(=O)c6cnn7ccc(C8CCC8)nc67)c(C(F)F)n5)CC4)CC3)c21. The van der Waals surface area contributed by atoms with E-state index in [1.54, 1.807) is 24.0 Å². The van der Waals surface area contributed by atoms with Crippen LogP contribution < -0.4 is 16.3 Å². The summed E-state index contributed by atoms with van der Waals surface area (Å²) in [7, 11) is 1.67. The maximum atomic E-state index is 14.2. The summed E-state index contributed by atoms with van der Waals surface area (Å²) in [4.78, 5) is 60.0. The van der Waals surface area contributed by atoms with Gasteiger partial charge in [-0.25, -0.2) is 23.1 Å². The van der Waals surface area contributed by atoms with Crippen LogP contribution in [-0.2, 0) is 16.6 Å². The zero-order valence-electron chi connectivity index (χ0n) is 33.2. The lowest BCUT2D eigenvalue weighted by molar-refractivity contribution is -0.135. The smallest absolute Gasteiger partial charge is 0.329 e. The quantitative estimate of drug-likeness (QED) is 0.180. The molecule has 0 spiro atoms. The Bertz CT molecular complexity index is 2670. The second kappa shape index (κ2) is 16.4. The van der Waals surface area contributed by atoms with Crippen molar-refractivity contribution in [2.24, 2.45) is 13.0 Å². The van der Waals surface area contributed by atoms with Crippen LogP contribution in [0.15, 0.2) is 47.7 Å². The molecule has 15 nitrogen and oxygen atoms in total. The molecule has 4 aromatic heterocycles. The van der Waals surface area contributed by atoms with Crippen LogP contribution in [0, 0.1) is 29.7 Å². The van der Waals surface area contributed by atoms with E-state index in [9.17, 15) is 28.0 Å². The molecule has 4 fully saturated rings. The predicted molar refractivity (Wildman–Crippen MR) is 217 cm³/mol. The number of benzene rings is 1. The van der Waals surface area contributed by atoms with Gasteiger partial charge in [-0.15, -0.1) is 0 Å². The number of alkyl halides is 2. The molecule has 2 saturated carbocycles. The van der Waals surface area contributed by atoms with Gasteiger partial charge in [0.05, 0.1) is 41.1 Å². The average molecular weight is 818 g/mol. The summed E-state index contributed by atoms with van der Waals surface area (Å²) in [5.74, 6) is 9.15. The van der Waals surface area contributed by atoms with Gasteiger partial charge in [0.2, 0.25) is 11.8 Å². The van der Waals surface area contributed by atoms with Gasteiger partial charge in [-0.2, -0.15) is 10.2 Å². The Morgan fingerprint density at radius 1 is 1.02 bits per heavy atom. The van der Waals surface area contributed by atoms with Gasteiger partial charge in [0.15, 0.2) is 11.3 Å². The number of hydrogen-bond donors (Lipinski definition) is 2. The van der Waals surface area contributed by atoms with Crippen molar-refractivity contribution < 1.29 is 23.2 Å². The Kier molecular flexibility index (Phi) is 10.7. The molecule has 5 aromatic rings. The Morgan fingerprint density at radius 2 is 1.82 bits per heavy atom. The number of carbonyl (C=O) groups is 3. The summed E-state index contributed by atoms with van der Waals surface area (Å²) in [6, 6.07) is 9.93. The number of nitrogens with one attached hydrogen (secondary N) is 2. The first-order valence-electron chi connectivity index (χ1n) is 20.6. The second-order valence-electron chi connectivity index (χ2n) is 16.1. The van der Waals surface area contributed by atoms with Crippen molar-refractivity contribution in [3.8, 4) is 23.8 Å². The number of amides is 3. The van der Waals surface area contributed by atoms with E-state index in [1.165, 1.54) is 26.0 Å². The number of imide groups is 1. The predicted octanol–water partition coefficient (Wildman–Crippen LogP) is 4.38. The number of aromatic nitrogens is 7. The van der Waals surface area contributed by atoms with Crippen LogP contribution in [0.3, 0.4) is 0 Å². The highest BCUT2D eigenvalue weighted by Crippen LogP contribution is 2.37. The molecule has 310 valence electrons. The highest BCUT2D eigenvalue weighted by atomic mass is 19.3. The third-order valence-corrected chi connectivity index (χ3v) is 12.4. The molecule has 6 heterocycles. The van der Waals surface area contributed by atoms with Gasteiger partial charge in [0.1, 0.15) is 11.6 Å². The van der Waals surface area contributed by atoms with Crippen molar-refractivity contribution in [2.45, 2.75) is 82.2 Å². The van der Waals surface area contributed by atoms with Crippen molar-refractivity contribution in [2.75, 3.05) is 38.0 Å². The molecule has 0 radical (unpaired) electrons. The summed E-state index contributed by atoms with van der Waals surface area (Å²) < 4.78 is 34.4. The fourth-order valence-electron chi connectivity index (χ4n) is 8.71. The fourth-order valence-corrected chi connectivity index (χ4v) is 8.71. The Hall–Kier alpha value is -6.33. The molecule has 9 rings (SSSR count). The number of para-hydroxylation sites is 1. The van der Waals surface area contributed by atoms with E-state index in [2.05, 4.69) is 59.4 Å².